The molecular formula is C10H20N2O3. The number of rotatable bonds is 4. The molecule has 1 unspecified atom stereocenters. The van der Waals surface area contributed by atoms with Gasteiger partial charge in [-0.15, -0.1) is 0 Å². The SMILES string of the molecule is CC(N)(CCN1CCCOCC1)C(=O)O. The van der Waals surface area contributed by atoms with Crippen LogP contribution in [0.4, 0.5) is 0 Å². The highest BCUT2D eigenvalue weighted by Gasteiger charge is 2.28. The zero-order chi connectivity index (χ0) is 11.3. The number of carboxylic acids is 1. The van der Waals surface area contributed by atoms with Crippen molar-refractivity contribution in [3.05, 3.63) is 0 Å². The van der Waals surface area contributed by atoms with E-state index in [1.807, 2.05) is 0 Å². The van der Waals surface area contributed by atoms with Crippen molar-refractivity contribution < 1.29 is 14.6 Å². The van der Waals surface area contributed by atoms with E-state index in [1.165, 1.54) is 0 Å². The second-order valence-corrected chi connectivity index (χ2v) is 4.28. The van der Waals surface area contributed by atoms with Crippen molar-refractivity contribution in [2.24, 2.45) is 5.73 Å². The van der Waals surface area contributed by atoms with Gasteiger partial charge in [0.1, 0.15) is 5.54 Å². The summed E-state index contributed by atoms with van der Waals surface area (Å²) in [6.07, 6.45) is 1.48. The molecule has 0 aromatic rings. The monoisotopic (exact) mass is 216 g/mol. The average molecular weight is 216 g/mol. The summed E-state index contributed by atoms with van der Waals surface area (Å²) in [6, 6.07) is 0. The Bertz CT molecular complexity index is 211. The van der Waals surface area contributed by atoms with Gasteiger partial charge in [0.25, 0.3) is 0 Å². The lowest BCUT2D eigenvalue weighted by atomic mass is 9.99. The zero-order valence-electron chi connectivity index (χ0n) is 9.24. The van der Waals surface area contributed by atoms with Crippen LogP contribution in [0.25, 0.3) is 0 Å². The van der Waals surface area contributed by atoms with E-state index in [0.29, 0.717) is 6.42 Å². The minimum absolute atomic E-state index is 0.475. The lowest BCUT2D eigenvalue weighted by molar-refractivity contribution is -0.143. The number of hydrogen-bond acceptors (Lipinski definition) is 4. The van der Waals surface area contributed by atoms with Crippen molar-refractivity contribution >= 4 is 5.97 Å². The molecule has 15 heavy (non-hydrogen) atoms. The van der Waals surface area contributed by atoms with Crippen LogP contribution in [0, 0.1) is 0 Å². The van der Waals surface area contributed by atoms with E-state index in [1.54, 1.807) is 6.92 Å². The van der Waals surface area contributed by atoms with Gasteiger partial charge in [-0.25, -0.2) is 0 Å². The van der Waals surface area contributed by atoms with Crippen LogP contribution in [0.15, 0.2) is 0 Å². The van der Waals surface area contributed by atoms with Crippen LogP contribution in [0.5, 0.6) is 0 Å². The maximum atomic E-state index is 10.8. The molecule has 0 radical (unpaired) electrons. The molecule has 0 bridgehead atoms. The van der Waals surface area contributed by atoms with Crippen molar-refractivity contribution in [3.8, 4) is 0 Å². The molecule has 0 saturated carbocycles. The van der Waals surface area contributed by atoms with Crippen LogP contribution in [0.2, 0.25) is 0 Å². The number of hydrogen-bond donors (Lipinski definition) is 2. The summed E-state index contributed by atoms with van der Waals surface area (Å²) in [6.45, 7) is 5.65. The van der Waals surface area contributed by atoms with E-state index in [2.05, 4.69) is 4.90 Å². The molecule has 88 valence electrons. The molecule has 1 rings (SSSR count). The number of aliphatic carboxylic acids is 1. The van der Waals surface area contributed by atoms with Gasteiger partial charge < -0.3 is 20.5 Å². The van der Waals surface area contributed by atoms with Crippen molar-refractivity contribution in [2.45, 2.75) is 25.3 Å². The molecule has 0 aliphatic carbocycles. The Morgan fingerprint density at radius 2 is 2.27 bits per heavy atom. The zero-order valence-corrected chi connectivity index (χ0v) is 9.24. The maximum Gasteiger partial charge on any atom is 0.323 e. The molecular weight excluding hydrogens is 196 g/mol. The molecule has 0 amide bonds. The normalized spacial score (nSPS) is 23.1. The summed E-state index contributed by atoms with van der Waals surface area (Å²) in [4.78, 5) is 13.0. The number of carboxylic acid groups (broad SMARTS) is 1. The van der Waals surface area contributed by atoms with Gasteiger partial charge in [-0.2, -0.15) is 0 Å². The van der Waals surface area contributed by atoms with E-state index >= 15 is 0 Å². The Morgan fingerprint density at radius 3 is 2.93 bits per heavy atom. The molecule has 1 saturated heterocycles. The first kappa shape index (κ1) is 12.4. The van der Waals surface area contributed by atoms with Gasteiger partial charge in [0.05, 0.1) is 6.61 Å². The second kappa shape index (κ2) is 5.44. The van der Waals surface area contributed by atoms with Crippen LogP contribution in [-0.4, -0.2) is 54.4 Å². The molecule has 3 N–H and O–H groups in total. The van der Waals surface area contributed by atoms with Crippen LogP contribution >= 0.6 is 0 Å². The number of carbonyl (C=O) groups is 1. The standard InChI is InChI=1S/C10H20N2O3/c1-10(11,9(13)14)3-5-12-4-2-7-15-8-6-12/h2-8,11H2,1H3,(H,13,14). The molecule has 1 atom stereocenters. The third-order valence-electron chi connectivity index (χ3n) is 2.75. The third-order valence-corrected chi connectivity index (χ3v) is 2.75. The molecule has 0 aromatic carbocycles. The van der Waals surface area contributed by atoms with E-state index < -0.39 is 11.5 Å². The smallest absolute Gasteiger partial charge is 0.323 e. The largest absolute Gasteiger partial charge is 0.480 e. The van der Waals surface area contributed by atoms with Gasteiger partial charge >= 0.3 is 5.97 Å². The molecule has 5 heteroatoms. The van der Waals surface area contributed by atoms with Gasteiger partial charge in [-0.05, 0) is 19.8 Å². The van der Waals surface area contributed by atoms with E-state index in [4.69, 9.17) is 15.6 Å². The fourth-order valence-electron chi connectivity index (χ4n) is 1.52. The fourth-order valence-corrected chi connectivity index (χ4v) is 1.52. The topological polar surface area (TPSA) is 75.8 Å². The molecule has 0 spiro atoms. The van der Waals surface area contributed by atoms with Crippen molar-refractivity contribution in [2.75, 3.05) is 32.8 Å². The second-order valence-electron chi connectivity index (χ2n) is 4.28. The summed E-state index contributed by atoms with van der Waals surface area (Å²) in [7, 11) is 0. The summed E-state index contributed by atoms with van der Waals surface area (Å²) in [5.41, 5.74) is 4.54. The Morgan fingerprint density at radius 1 is 1.53 bits per heavy atom. The molecule has 1 aliphatic heterocycles. The summed E-state index contributed by atoms with van der Waals surface area (Å²) < 4.78 is 5.31. The van der Waals surface area contributed by atoms with Gasteiger partial charge in [0.15, 0.2) is 0 Å². The van der Waals surface area contributed by atoms with Crippen molar-refractivity contribution in [1.82, 2.24) is 4.90 Å². The van der Waals surface area contributed by atoms with Crippen molar-refractivity contribution in [1.29, 1.82) is 0 Å². The maximum absolute atomic E-state index is 10.8. The molecule has 1 fully saturated rings. The highest BCUT2D eigenvalue weighted by molar-refractivity contribution is 5.77. The third kappa shape index (κ3) is 4.15. The predicted octanol–water partition coefficient (Wildman–Crippen LogP) is -0.0992. The van der Waals surface area contributed by atoms with E-state index in [0.717, 1.165) is 39.3 Å². The highest BCUT2D eigenvalue weighted by Crippen LogP contribution is 2.08. The summed E-state index contributed by atoms with van der Waals surface area (Å²) in [5, 5.41) is 8.86. The van der Waals surface area contributed by atoms with Crippen LogP contribution < -0.4 is 5.73 Å². The predicted molar refractivity (Wildman–Crippen MR) is 56.7 cm³/mol. The van der Waals surface area contributed by atoms with Gasteiger partial charge in [0, 0.05) is 26.2 Å². The number of nitrogens with zero attached hydrogens (tertiary/aromatic N) is 1. The van der Waals surface area contributed by atoms with Gasteiger partial charge in [0.2, 0.25) is 0 Å². The first-order chi connectivity index (χ1) is 7.02. The lowest BCUT2D eigenvalue weighted by Crippen LogP contribution is -2.47. The van der Waals surface area contributed by atoms with Crippen LogP contribution in [0.1, 0.15) is 19.8 Å². The molecule has 0 aromatic heterocycles. The first-order valence-electron chi connectivity index (χ1n) is 5.35. The Hall–Kier alpha value is -0.650. The van der Waals surface area contributed by atoms with E-state index in [-0.39, 0.29) is 0 Å². The fraction of sp³-hybridized carbons (Fsp3) is 0.900. The minimum atomic E-state index is -1.12. The van der Waals surface area contributed by atoms with Crippen LogP contribution in [-0.2, 0) is 9.53 Å². The Labute approximate surface area is 90.2 Å². The van der Waals surface area contributed by atoms with Crippen LogP contribution in [0.3, 0.4) is 0 Å². The Kier molecular flexibility index (Phi) is 4.50. The van der Waals surface area contributed by atoms with E-state index in [9.17, 15) is 4.79 Å². The summed E-state index contributed by atoms with van der Waals surface area (Å²) in [5.74, 6) is -0.937. The van der Waals surface area contributed by atoms with Gasteiger partial charge in [-0.1, -0.05) is 0 Å². The molecule has 5 nitrogen and oxygen atoms in total. The Balaban J connectivity index is 2.31. The number of nitrogens with two attached hydrogens (primary N) is 1. The summed E-state index contributed by atoms with van der Waals surface area (Å²) >= 11 is 0. The quantitative estimate of drug-likeness (QED) is 0.686. The molecule has 1 aliphatic rings. The lowest BCUT2D eigenvalue weighted by Gasteiger charge is -2.24. The molecule has 1 heterocycles. The number of ether oxygens (including phenoxy) is 1. The average Bonchev–Trinajstić information content (AvgIpc) is 2.42. The van der Waals surface area contributed by atoms with Gasteiger partial charge in [-0.3, -0.25) is 4.79 Å². The highest BCUT2D eigenvalue weighted by atomic mass is 16.5. The first-order valence-corrected chi connectivity index (χ1v) is 5.35. The minimum Gasteiger partial charge on any atom is -0.480 e. The van der Waals surface area contributed by atoms with Crippen molar-refractivity contribution in [3.63, 3.8) is 0 Å².